The Morgan fingerprint density at radius 3 is 2.86 bits per heavy atom. The summed E-state index contributed by atoms with van der Waals surface area (Å²) in [4.78, 5) is 21.6. The minimum absolute atomic E-state index is 0.124. The van der Waals surface area contributed by atoms with Gasteiger partial charge in [-0.25, -0.2) is 4.98 Å². The predicted octanol–water partition coefficient (Wildman–Crippen LogP) is 1.99. The van der Waals surface area contributed by atoms with Crippen LogP contribution < -0.4 is 5.32 Å². The molecule has 0 aromatic carbocycles. The Morgan fingerprint density at radius 2 is 2.19 bits per heavy atom. The quantitative estimate of drug-likeness (QED) is 0.925. The van der Waals surface area contributed by atoms with E-state index in [0.29, 0.717) is 0 Å². The van der Waals surface area contributed by atoms with E-state index in [4.69, 9.17) is 0 Å². The van der Waals surface area contributed by atoms with Gasteiger partial charge in [0.1, 0.15) is 5.82 Å². The van der Waals surface area contributed by atoms with Crippen LogP contribution in [-0.4, -0.2) is 60.5 Å². The average Bonchev–Trinajstić information content (AvgIpc) is 2.66. The number of likely N-dealkylation sites (N-methyl/N-ethyl adjacent to an activating group) is 1. The van der Waals surface area contributed by atoms with Crippen LogP contribution in [0.4, 0.5) is 5.82 Å². The monoisotopic (exact) mass is 290 g/mol. The van der Waals surface area contributed by atoms with Crippen molar-refractivity contribution in [1.82, 2.24) is 14.8 Å². The van der Waals surface area contributed by atoms with Crippen molar-refractivity contribution in [3.8, 4) is 0 Å². The number of pyridine rings is 1. The standard InChI is InChI=1S/C16H26N4O/c1-5-14-11-19(4)7-6-8-20(14)16(21)13-9-12(2)18-15(10-13)17-3/h9-10,14H,5-8,11H2,1-4H3,(H,17,18). The van der Waals surface area contributed by atoms with Crippen molar-refractivity contribution in [3.63, 3.8) is 0 Å². The third-order valence-corrected chi connectivity index (χ3v) is 4.09. The van der Waals surface area contributed by atoms with E-state index in [1.807, 2.05) is 31.0 Å². The number of hydrogen-bond acceptors (Lipinski definition) is 4. The highest BCUT2D eigenvalue weighted by atomic mass is 16.2. The highest BCUT2D eigenvalue weighted by molar-refractivity contribution is 5.95. The Morgan fingerprint density at radius 1 is 1.43 bits per heavy atom. The maximum Gasteiger partial charge on any atom is 0.254 e. The molecular formula is C16H26N4O. The van der Waals surface area contributed by atoms with Gasteiger partial charge in [-0.05, 0) is 45.5 Å². The molecule has 116 valence electrons. The number of amides is 1. The van der Waals surface area contributed by atoms with Gasteiger partial charge >= 0.3 is 0 Å². The molecular weight excluding hydrogens is 264 g/mol. The Labute approximate surface area is 127 Å². The SMILES string of the molecule is CCC1CN(C)CCCN1C(=O)c1cc(C)nc(NC)c1. The number of rotatable bonds is 3. The smallest absolute Gasteiger partial charge is 0.254 e. The molecule has 1 aromatic rings. The summed E-state index contributed by atoms with van der Waals surface area (Å²) in [5.74, 6) is 0.873. The molecule has 0 bridgehead atoms. The van der Waals surface area contributed by atoms with E-state index >= 15 is 0 Å². The fraction of sp³-hybridized carbons (Fsp3) is 0.625. The molecule has 1 N–H and O–H groups in total. The van der Waals surface area contributed by atoms with Gasteiger partial charge in [0.2, 0.25) is 0 Å². The van der Waals surface area contributed by atoms with E-state index in [9.17, 15) is 4.79 Å². The molecule has 21 heavy (non-hydrogen) atoms. The van der Waals surface area contributed by atoms with Crippen molar-refractivity contribution in [2.24, 2.45) is 0 Å². The van der Waals surface area contributed by atoms with Crippen LogP contribution in [0, 0.1) is 6.92 Å². The number of hydrogen-bond donors (Lipinski definition) is 1. The lowest BCUT2D eigenvalue weighted by Gasteiger charge is -2.30. The number of anilines is 1. The van der Waals surface area contributed by atoms with Crippen LogP contribution in [-0.2, 0) is 0 Å². The lowest BCUT2D eigenvalue weighted by atomic mass is 10.1. The van der Waals surface area contributed by atoms with Crippen LogP contribution in [0.25, 0.3) is 0 Å². The molecule has 1 aliphatic heterocycles. The van der Waals surface area contributed by atoms with Crippen molar-refractivity contribution in [2.45, 2.75) is 32.7 Å². The maximum absolute atomic E-state index is 12.9. The topological polar surface area (TPSA) is 48.5 Å². The number of carbonyl (C=O) groups is 1. The minimum atomic E-state index is 0.124. The van der Waals surface area contributed by atoms with Gasteiger partial charge < -0.3 is 15.1 Å². The van der Waals surface area contributed by atoms with Crippen LogP contribution >= 0.6 is 0 Å². The van der Waals surface area contributed by atoms with E-state index in [2.05, 4.69) is 29.2 Å². The van der Waals surface area contributed by atoms with Crippen molar-refractivity contribution >= 4 is 11.7 Å². The molecule has 0 saturated carbocycles. The molecule has 1 aromatic heterocycles. The van der Waals surface area contributed by atoms with Crippen LogP contribution in [0.5, 0.6) is 0 Å². The number of carbonyl (C=O) groups excluding carboxylic acids is 1. The summed E-state index contributed by atoms with van der Waals surface area (Å²) in [7, 11) is 3.96. The molecule has 0 spiro atoms. The summed E-state index contributed by atoms with van der Waals surface area (Å²) < 4.78 is 0. The molecule has 1 amide bonds. The van der Waals surface area contributed by atoms with Crippen molar-refractivity contribution in [1.29, 1.82) is 0 Å². The molecule has 5 nitrogen and oxygen atoms in total. The highest BCUT2D eigenvalue weighted by Crippen LogP contribution is 2.18. The van der Waals surface area contributed by atoms with E-state index < -0.39 is 0 Å². The predicted molar refractivity (Wildman–Crippen MR) is 85.8 cm³/mol. The molecule has 1 atom stereocenters. The normalized spacial score (nSPS) is 20.2. The molecule has 0 aliphatic carbocycles. The summed E-state index contributed by atoms with van der Waals surface area (Å²) in [6, 6.07) is 4.01. The summed E-state index contributed by atoms with van der Waals surface area (Å²) in [5.41, 5.74) is 1.60. The first kappa shape index (κ1) is 15.8. The molecule has 0 radical (unpaired) electrons. The molecule has 2 heterocycles. The zero-order valence-electron chi connectivity index (χ0n) is 13.5. The lowest BCUT2D eigenvalue weighted by molar-refractivity contribution is 0.0675. The Balaban J connectivity index is 2.26. The van der Waals surface area contributed by atoms with E-state index in [1.54, 1.807) is 0 Å². The van der Waals surface area contributed by atoms with Gasteiger partial charge in [0.25, 0.3) is 5.91 Å². The zero-order valence-corrected chi connectivity index (χ0v) is 13.5. The third-order valence-electron chi connectivity index (χ3n) is 4.09. The van der Waals surface area contributed by atoms with E-state index in [1.165, 1.54) is 0 Å². The first-order valence-corrected chi connectivity index (χ1v) is 7.71. The average molecular weight is 290 g/mol. The fourth-order valence-electron chi connectivity index (χ4n) is 2.95. The summed E-state index contributed by atoms with van der Waals surface area (Å²) in [5, 5.41) is 3.02. The second-order valence-corrected chi connectivity index (χ2v) is 5.81. The van der Waals surface area contributed by atoms with Crippen LogP contribution in [0.2, 0.25) is 0 Å². The summed E-state index contributed by atoms with van der Waals surface area (Å²) in [6.07, 6.45) is 2.01. The van der Waals surface area contributed by atoms with Gasteiger partial charge in [-0.1, -0.05) is 6.92 Å². The van der Waals surface area contributed by atoms with Gasteiger partial charge in [0, 0.05) is 37.4 Å². The van der Waals surface area contributed by atoms with Crippen molar-refractivity contribution < 1.29 is 4.79 Å². The minimum Gasteiger partial charge on any atom is -0.373 e. The number of aromatic nitrogens is 1. The summed E-state index contributed by atoms with van der Waals surface area (Å²) >= 11 is 0. The van der Waals surface area contributed by atoms with Gasteiger partial charge in [0.15, 0.2) is 0 Å². The van der Waals surface area contributed by atoms with E-state index in [0.717, 1.165) is 49.6 Å². The lowest BCUT2D eigenvalue weighted by Crippen LogP contribution is -2.43. The number of nitrogens with one attached hydrogen (secondary N) is 1. The van der Waals surface area contributed by atoms with Crippen molar-refractivity contribution in [3.05, 3.63) is 23.4 Å². The molecule has 1 fully saturated rings. The molecule has 1 unspecified atom stereocenters. The molecule has 2 rings (SSSR count). The largest absolute Gasteiger partial charge is 0.373 e. The van der Waals surface area contributed by atoms with Gasteiger partial charge in [-0.15, -0.1) is 0 Å². The summed E-state index contributed by atoms with van der Waals surface area (Å²) in [6.45, 7) is 6.91. The van der Waals surface area contributed by atoms with Gasteiger partial charge in [0.05, 0.1) is 0 Å². The van der Waals surface area contributed by atoms with E-state index in [-0.39, 0.29) is 11.9 Å². The maximum atomic E-state index is 12.9. The fourth-order valence-corrected chi connectivity index (χ4v) is 2.95. The Kier molecular flexibility index (Phi) is 5.17. The molecule has 1 aliphatic rings. The first-order chi connectivity index (χ1) is 10.0. The number of nitrogens with zero attached hydrogens (tertiary/aromatic N) is 3. The number of aryl methyl sites for hydroxylation is 1. The third kappa shape index (κ3) is 3.73. The van der Waals surface area contributed by atoms with Crippen LogP contribution in [0.15, 0.2) is 12.1 Å². The second kappa shape index (κ2) is 6.89. The van der Waals surface area contributed by atoms with Gasteiger partial charge in [-0.2, -0.15) is 0 Å². The van der Waals surface area contributed by atoms with Crippen LogP contribution in [0.1, 0.15) is 35.8 Å². The Hall–Kier alpha value is -1.62. The first-order valence-electron chi connectivity index (χ1n) is 7.71. The Bertz CT molecular complexity index is 503. The zero-order chi connectivity index (χ0) is 15.4. The highest BCUT2D eigenvalue weighted by Gasteiger charge is 2.27. The van der Waals surface area contributed by atoms with Crippen LogP contribution in [0.3, 0.4) is 0 Å². The van der Waals surface area contributed by atoms with Gasteiger partial charge in [-0.3, -0.25) is 4.79 Å². The molecule has 5 heteroatoms. The van der Waals surface area contributed by atoms with Crippen molar-refractivity contribution in [2.75, 3.05) is 39.0 Å². The molecule has 1 saturated heterocycles. The second-order valence-electron chi connectivity index (χ2n) is 5.81.